The Balaban J connectivity index is 2.92. The number of hydrogen-bond donors (Lipinski definition) is 2. The first-order valence-corrected chi connectivity index (χ1v) is 3.56. The van der Waals surface area contributed by atoms with Crippen molar-refractivity contribution in [2.45, 2.75) is 6.92 Å². The summed E-state index contributed by atoms with van der Waals surface area (Å²) in [5, 5.41) is 0. The zero-order chi connectivity index (χ0) is 8.72. The van der Waals surface area contributed by atoms with Gasteiger partial charge in [-0.25, -0.2) is 4.79 Å². The fourth-order valence-corrected chi connectivity index (χ4v) is 1.12. The lowest BCUT2D eigenvalue weighted by Gasteiger charge is -1.96. The van der Waals surface area contributed by atoms with E-state index in [1.165, 1.54) is 0 Å². The van der Waals surface area contributed by atoms with Crippen LogP contribution in [0.2, 0.25) is 0 Å². The molecule has 2 aromatic rings. The maximum atomic E-state index is 10.7. The number of aryl methyl sites for hydroxylation is 1. The van der Waals surface area contributed by atoms with Crippen LogP contribution in [-0.2, 0) is 0 Å². The first-order chi connectivity index (χ1) is 5.66. The molecule has 12 heavy (non-hydrogen) atoms. The lowest BCUT2D eigenvalue weighted by Crippen LogP contribution is -1.93. The van der Waals surface area contributed by atoms with Crippen LogP contribution < -0.4 is 11.5 Å². The standard InChI is InChI=1S/C8H8N2O2/c1-4-2-7-6(3-5(4)9)10-8(11)12-7/h2-3H,9H2,1H3,(H,10,11). The van der Waals surface area contributed by atoms with E-state index >= 15 is 0 Å². The molecule has 0 radical (unpaired) electrons. The molecule has 4 nitrogen and oxygen atoms in total. The Kier molecular flexibility index (Phi) is 1.24. The van der Waals surface area contributed by atoms with Crippen LogP contribution in [-0.4, -0.2) is 4.98 Å². The van der Waals surface area contributed by atoms with E-state index in [1.54, 1.807) is 12.1 Å². The summed E-state index contributed by atoms with van der Waals surface area (Å²) in [6.07, 6.45) is 0. The predicted octanol–water partition coefficient (Wildman–Crippen LogP) is 1.01. The number of aromatic nitrogens is 1. The fourth-order valence-electron chi connectivity index (χ4n) is 1.12. The molecule has 0 aliphatic carbocycles. The van der Waals surface area contributed by atoms with Crippen molar-refractivity contribution in [2.75, 3.05) is 5.73 Å². The van der Waals surface area contributed by atoms with E-state index in [1.807, 2.05) is 6.92 Å². The molecular weight excluding hydrogens is 156 g/mol. The molecule has 0 atom stereocenters. The van der Waals surface area contributed by atoms with Crippen LogP contribution in [0, 0.1) is 6.92 Å². The molecular formula is C8H8N2O2. The number of H-pyrrole nitrogens is 1. The normalized spacial score (nSPS) is 10.8. The summed E-state index contributed by atoms with van der Waals surface area (Å²) >= 11 is 0. The number of rotatable bonds is 0. The number of anilines is 1. The van der Waals surface area contributed by atoms with Crippen LogP contribution in [0.4, 0.5) is 5.69 Å². The molecule has 0 amide bonds. The lowest BCUT2D eigenvalue weighted by atomic mass is 10.2. The van der Waals surface area contributed by atoms with Gasteiger partial charge in [-0.1, -0.05) is 0 Å². The van der Waals surface area contributed by atoms with Gasteiger partial charge < -0.3 is 10.2 Å². The number of hydrogen-bond acceptors (Lipinski definition) is 3. The zero-order valence-corrected chi connectivity index (χ0v) is 6.55. The molecule has 0 spiro atoms. The highest BCUT2D eigenvalue weighted by atomic mass is 16.4. The first kappa shape index (κ1) is 6.97. The first-order valence-electron chi connectivity index (χ1n) is 3.56. The second-order valence-corrected chi connectivity index (χ2v) is 2.72. The van der Waals surface area contributed by atoms with E-state index < -0.39 is 5.76 Å². The van der Waals surface area contributed by atoms with E-state index in [-0.39, 0.29) is 0 Å². The smallest absolute Gasteiger partial charge is 0.408 e. The van der Waals surface area contributed by atoms with Crippen LogP contribution in [0.25, 0.3) is 11.1 Å². The van der Waals surface area contributed by atoms with Crippen molar-refractivity contribution < 1.29 is 4.42 Å². The van der Waals surface area contributed by atoms with Gasteiger partial charge in [-0.05, 0) is 24.6 Å². The third-order valence-corrected chi connectivity index (χ3v) is 1.81. The van der Waals surface area contributed by atoms with Crippen molar-refractivity contribution in [3.8, 4) is 0 Å². The fraction of sp³-hybridized carbons (Fsp3) is 0.125. The summed E-state index contributed by atoms with van der Waals surface area (Å²) in [6, 6.07) is 3.43. The summed E-state index contributed by atoms with van der Waals surface area (Å²) in [5.41, 5.74) is 8.38. The Labute approximate surface area is 68.0 Å². The Bertz CT molecular complexity index is 439. The summed E-state index contributed by atoms with van der Waals surface area (Å²) < 4.78 is 4.84. The topological polar surface area (TPSA) is 72.0 Å². The molecule has 1 aromatic carbocycles. The molecule has 0 aliphatic rings. The number of nitrogen functional groups attached to an aromatic ring is 1. The summed E-state index contributed by atoms with van der Waals surface area (Å²) in [5.74, 6) is -0.449. The number of nitrogens with two attached hydrogens (primary N) is 1. The minimum absolute atomic E-state index is 0.449. The Hall–Kier alpha value is -1.71. The Morgan fingerprint density at radius 3 is 3.00 bits per heavy atom. The van der Waals surface area contributed by atoms with Crippen molar-refractivity contribution in [1.82, 2.24) is 4.98 Å². The lowest BCUT2D eigenvalue weighted by molar-refractivity contribution is 0.555. The van der Waals surface area contributed by atoms with Crippen LogP contribution in [0.5, 0.6) is 0 Å². The average Bonchev–Trinajstić information content (AvgIpc) is 2.30. The number of benzene rings is 1. The molecule has 1 heterocycles. The van der Waals surface area contributed by atoms with Gasteiger partial charge in [-0.3, -0.25) is 4.98 Å². The van der Waals surface area contributed by atoms with Crippen molar-refractivity contribution in [1.29, 1.82) is 0 Å². The molecule has 62 valence electrons. The Morgan fingerprint density at radius 1 is 1.50 bits per heavy atom. The molecule has 0 saturated heterocycles. The van der Waals surface area contributed by atoms with Crippen LogP contribution >= 0.6 is 0 Å². The van der Waals surface area contributed by atoms with Gasteiger partial charge in [0.15, 0.2) is 5.58 Å². The third kappa shape index (κ3) is 0.887. The second-order valence-electron chi connectivity index (χ2n) is 2.72. The van der Waals surface area contributed by atoms with E-state index in [4.69, 9.17) is 10.2 Å². The van der Waals surface area contributed by atoms with E-state index in [2.05, 4.69) is 4.98 Å². The number of fused-ring (bicyclic) bond motifs is 1. The van der Waals surface area contributed by atoms with Gasteiger partial charge in [0, 0.05) is 5.69 Å². The maximum absolute atomic E-state index is 10.7. The minimum atomic E-state index is -0.449. The number of oxazole rings is 1. The van der Waals surface area contributed by atoms with Crippen LogP contribution in [0.3, 0.4) is 0 Å². The third-order valence-electron chi connectivity index (χ3n) is 1.81. The number of nitrogens with one attached hydrogen (secondary N) is 1. The van der Waals surface area contributed by atoms with Gasteiger partial charge in [-0.15, -0.1) is 0 Å². The molecule has 1 aromatic heterocycles. The van der Waals surface area contributed by atoms with E-state index in [0.29, 0.717) is 16.8 Å². The maximum Gasteiger partial charge on any atom is 0.417 e. The summed E-state index contributed by atoms with van der Waals surface area (Å²) in [6.45, 7) is 1.86. The van der Waals surface area contributed by atoms with Crippen molar-refractivity contribution in [3.63, 3.8) is 0 Å². The zero-order valence-electron chi connectivity index (χ0n) is 6.55. The van der Waals surface area contributed by atoms with Crippen molar-refractivity contribution >= 4 is 16.8 Å². The average molecular weight is 164 g/mol. The monoisotopic (exact) mass is 164 g/mol. The Morgan fingerprint density at radius 2 is 2.25 bits per heavy atom. The van der Waals surface area contributed by atoms with Crippen LogP contribution in [0.15, 0.2) is 21.3 Å². The highest BCUT2D eigenvalue weighted by Crippen LogP contribution is 2.17. The predicted molar refractivity (Wildman–Crippen MR) is 46.0 cm³/mol. The van der Waals surface area contributed by atoms with Crippen molar-refractivity contribution in [2.24, 2.45) is 0 Å². The largest absolute Gasteiger partial charge is 0.417 e. The summed E-state index contributed by atoms with van der Waals surface area (Å²) in [4.78, 5) is 13.3. The molecule has 4 heteroatoms. The SMILES string of the molecule is Cc1cc2oc(=O)[nH]c2cc1N. The van der Waals surface area contributed by atoms with Gasteiger partial charge in [0.25, 0.3) is 0 Å². The molecule has 0 unspecified atom stereocenters. The minimum Gasteiger partial charge on any atom is -0.408 e. The molecule has 0 saturated carbocycles. The molecule has 0 bridgehead atoms. The van der Waals surface area contributed by atoms with Crippen LogP contribution in [0.1, 0.15) is 5.56 Å². The van der Waals surface area contributed by atoms with Gasteiger partial charge in [0.05, 0.1) is 5.52 Å². The molecule has 3 N–H and O–H groups in total. The molecule has 0 fully saturated rings. The van der Waals surface area contributed by atoms with Gasteiger partial charge in [-0.2, -0.15) is 0 Å². The molecule has 0 aliphatic heterocycles. The highest BCUT2D eigenvalue weighted by Gasteiger charge is 2.02. The highest BCUT2D eigenvalue weighted by molar-refractivity contribution is 5.78. The number of aromatic amines is 1. The second kappa shape index (κ2) is 2.14. The quantitative estimate of drug-likeness (QED) is 0.571. The van der Waals surface area contributed by atoms with Gasteiger partial charge >= 0.3 is 5.76 Å². The molecule has 2 rings (SSSR count). The van der Waals surface area contributed by atoms with Gasteiger partial charge in [0.1, 0.15) is 0 Å². The summed E-state index contributed by atoms with van der Waals surface area (Å²) in [7, 11) is 0. The van der Waals surface area contributed by atoms with E-state index in [0.717, 1.165) is 5.56 Å². The van der Waals surface area contributed by atoms with E-state index in [9.17, 15) is 4.79 Å². The van der Waals surface area contributed by atoms with Gasteiger partial charge in [0.2, 0.25) is 0 Å². The van der Waals surface area contributed by atoms with Crippen molar-refractivity contribution in [3.05, 3.63) is 28.2 Å².